The molecule has 1 unspecified atom stereocenters. The molecule has 4 heteroatoms. The number of hydrogen-bond acceptors (Lipinski definition) is 4. The van der Waals surface area contributed by atoms with E-state index in [4.69, 9.17) is 4.42 Å². The normalized spacial score (nSPS) is 14.4. The van der Waals surface area contributed by atoms with Crippen LogP contribution in [0.2, 0.25) is 0 Å². The number of oxazole rings is 1. The van der Waals surface area contributed by atoms with E-state index in [-0.39, 0.29) is 0 Å². The van der Waals surface area contributed by atoms with Crippen LogP contribution in [-0.2, 0) is 12.1 Å². The van der Waals surface area contributed by atoms with Crippen LogP contribution in [0.25, 0.3) is 0 Å². The molecule has 0 saturated carbocycles. The highest BCUT2D eigenvalue weighted by molar-refractivity contribution is 5.21. The zero-order valence-electron chi connectivity index (χ0n) is 10.7. The minimum Gasteiger partial charge on any atom is -0.445 e. The maximum atomic E-state index is 10.4. The number of aromatic nitrogens is 1. The van der Waals surface area contributed by atoms with E-state index in [0.29, 0.717) is 19.0 Å². The third-order valence-electron chi connectivity index (χ3n) is 2.81. The predicted molar refractivity (Wildman–Crippen MR) is 69.0 cm³/mol. The fourth-order valence-corrected chi connectivity index (χ4v) is 1.80. The Labute approximate surface area is 107 Å². The lowest BCUT2D eigenvalue weighted by molar-refractivity contribution is 0.0561. The molecule has 0 fully saturated rings. The van der Waals surface area contributed by atoms with Gasteiger partial charge < -0.3 is 14.8 Å². The fraction of sp³-hybridized carbons (Fsp3) is 0.357. The lowest BCUT2D eigenvalue weighted by Gasteiger charge is -2.24. The van der Waals surface area contributed by atoms with Crippen molar-refractivity contribution in [3.63, 3.8) is 0 Å². The molecule has 0 bridgehead atoms. The van der Waals surface area contributed by atoms with Crippen molar-refractivity contribution in [2.75, 3.05) is 6.54 Å². The molecule has 0 spiro atoms. The van der Waals surface area contributed by atoms with Crippen LogP contribution < -0.4 is 5.32 Å². The summed E-state index contributed by atoms with van der Waals surface area (Å²) in [4.78, 5) is 4.10. The average molecular weight is 246 g/mol. The minimum atomic E-state index is -0.900. The van der Waals surface area contributed by atoms with Crippen molar-refractivity contribution in [2.45, 2.75) is 26.0 Å². The summed E-state index contributed by atoms with van der Waals surface area (Å²) in [7, 11) is 0. The van der Waals surface area contributed by atoms with E-state index in [1.807, 2.05) is 37.3 Å². The van der Waals surface area contributed by atoms with Crippen molar-refractivity contribution in [1.82, 2.24) is 10.3 Å². The van der Waals surface area contributed by atoms with Gasteiger partial charge in [-0.3, -0.25) is 0 Å². The van der Waals surface area contributed by atoms with Gasteiger partial charge >= 0.3 is 0 Å². The van der Waals surface area contributed by atoms with Crippen LogP contribution in [0.1, 0.15) is 24.1 Å². The fourth-order valence-electron chi connectivity index (χ4n) is 1.80. The van der Waals surface area contributed by atoms with E-state index in [2.05, 4.69) is 10.3 Å². The van der Waals surface area contributed by atoms with Crippen LogP contribution in [-0.4, -0.2) is 16.6 Å². The van der Waals surface area contributed by atoms with Gasteiger partial charge in [0.25, 0.3) is 0 Å². The van der Waals surface area contributed by atoms with Gasteiger partial charge in [0.05, 0.1) is 18.3 Å². The summed E-state index contributed by atoms with van der Waals surface area (Å²) < 4.78 is 5.35. The highest BCUT2D eigenvalue weighted by Crippen LogP contribution is 2.19. The summed E-state index contributed by atoms with van der Waals surface area (Å²) in [5.74, 6) is 1.43. The molecule has 0 radical (unpaired) electrons. The molecule has 2 aromatic rings. The largest absolute Gasteiger partial charge is 0.445 e. The Hall–Kier alpha value is -1.65. The van der Waals surface area contributed by atoms with Gasteiger partial charge in [0.2, 0.25) is 5.89 Å². The summed E-state index contributed by atoms with van der Waals surface area (Å²) in [6, 6.07) is 9.60. The first-order chi connectivity index (χ1) is 8.58. The molecule has 0 amide bonds. The molecular weight excluding hydrogens is 228 g/mol. The second-order valence-corrected chi connectivity index (χ2v) is 4.61. The summed E-state index contributed by atoms with van der Waals surface area (Å²) in [6.07, 6.45) is 1.69. The van der Waals surface area contributed by atoms with Gasteiger partial charge in [-0.2, -0.15) is 0 Å². The Bertz CT molecular complexity index is 492. The third-order valence-corrected chi connectivity index (χ3v) is 2.81. The number of hydrogen-bond donors (Lipinski definition) is 2. The summed E-state index contributed by atoms with van der Waals surface area (Å²) in [5, 5.41) is 13.5. The molecule has 18 heavy (non-hydrogen) atoms. The molecular formula is C14H18N2O2. The van der Waals surface area contributed by atoms with Crippen LogP contribution >= 0.6 is 0 Å². The Morgan fingerprint density at radius 1 is 1.33 bits per heavy atom. The standard InChI is InChI=1S/C14H18N2O2/c1-11-8-16-13(18-11)9-15-10-14(2,17)12-6-4-3-5-7-12/h3-8,15,17H,9-10H2,1-2H3. The van der Waals surface area contributed by atoms with Crippen molar-refractivity contribution < 1.29 is 9.52 Å². The lowest BCUT2D eigenvalue weighted by atomic mass is 9.96. The van der Waals surface area contributed by atoms with Crippen LogP contribution in [0.4, 0.5) is 0 Å². The molecule has 0 saturated heterocycles. The first-order valence-electron chi connectivity index (χ1n) is 5.98. The first-order valence-corrected chi connectivity index (χ1v) is 5.98. The van der Waals surface area contributed by atoms with Gasteiger partial charge in [0.1, 0.15) is 5.76 Å². The number of nitrogens with one attached hydrogen (secondary N) is 1. The first kappa shape index (κ1) is 12.8. The number of aliphatic hydroxyl groups is 1. The Morgan fingerprint density at radius 2 is 2.06 bits per heavy atom. The molecule has 1 atom stereocenters. The SMILES string of the molecule is Cc1cnc(CNCC(C)(O)c2ccccc2)o1. The van der Waals surface area contributed by atoms with Gasteiger partial charge in [-0.25, -0.2) is 4.98 Å². The minimum absolute atomic E-state index is 0.443. The second kappa shape index (κ2) is 5.33. The smallest absolute Gasteiger partial charge is 0.208 e. The molecule has 0 aliphatic rings. The summed E-state index contributed by atoms with van der Waals surface area (Å²) in [5.41, 5.74) is -0.0100. The third kappa shape index (κ3) is 3.18. The predicted octanol–water partition coefficient (Wildman–Crippen LogP) is 1.98. The molecule has 96 valence electrons. The highest BCUT2D eigenvalue weighted by Gasteiger charge is 2.22. The molecule has 0 aliphatic carbocycles. The van der Waals surface area contributed by atoms with Crippen LogP contribution in [0.3, 0.4) is 0 Å². The maximum absolute atomic E-state index is 10.4. The second-order valence-electron chi connectivity index (χ2n) is 4.61. The van der Waals surface area contributed by atoms with Crippen molar-refractivity contribution >= 4 is 0 Å². The van der Waals surface area contributed by atoms with Gasteiger partial charge in [-0.15, -0.1) is 0 Å². The molecule has 1 heterocycles. The van der Waals surface area contributed by atoms with Crippen molar-refractivity contribution in [2.24, 2.45) is 0 Å². The monoisotopic (exact) mass is 246 g/mol. The summed E-state index contributed by atoms with van der Waals surface area (Å²) >= 11 is 0. The average Bonchev–Trinajstić information content (AvgIpc) is 2.76. The molecule has 4 nitrogen and oxygen atoms in total. The van der Waals surface area contributed by atoms with Crippen LogP contribution in [0.15, 0.2) is 40.9 Å². The van der Waals surface area contributed by atoms with Gasteiger partial charge in [-0.05, 0) is 19.4 Å². The van der Waals surface area contributed by atoms with Gasteiger partial charge in [-0.1, -0.05) is 30.3 Å². The van der Waals surface area contributed by atoms with Crippen molar-refractivity contribution in [1.29, 1.82) is 0 Å². The number of rotatable bonds is 5. The maximum Gasteiger partial charge on any atom is 0.208 e. The van der Waals surface area contributed by atoms with E-state index in [1.54, 1.807) is 13.1 Å². The van der Waals surface area contributed by atoms with Crippen molar-refractivity contribution in [3.8, 4) is 0 Å². The molecule has 2 rings (SSSR count). The Balaban J connectivity index is 1.89. The topological polar surface area (TPSA) is 58.3 Å². The van der Waals surface area contributed by atoms with E-state index in [0.717, 1.165) is 11.3 Å². The number of nitrogens with zero attached hydrogens (tertiary/aromatic N) is 1. The summed E-state index contributed by atoms with van der Waals surface area (Å²) in [6.45, 7) is 4.60. The van der Waals surface area contributed by atoms with E-state index in [1.165, 1.54) is 0 Å². The zero-order valence-corrected chi connectivity index (χ0v) is 10.7. The number of aryl methyl sites for hydroxylation is 1. The molecule has 1 aromatic heterocycles. The van der Waals surface area contributed by atoms with Crippen molar-refractivity contribution in [3.05, 3.63) is 53.7 Å². The van der Waals surface area contributed by atoms with E-state index >= 15 is 0 Å². The number of benzene rings is 1. The van der Waals surface area contributed by atoms with Gasteiger partial charge in [0.15, 0.2) is 0 Å². The molecule has 1 aromatic carbocycles. The van der Waals surface area contributed by atoms with E-state index < -0.39 is 5.60 Å². The van der Waals surface area contributed by atoms with Crippen LogP contribution in [0.5, 0.6) is 0 Å². The highest BCUT2D eigenvalue weighted by atomic mass is 16.4. The Morgan fingerprint density at radius 3 is 2.67 bits per heavy atom. The zero-order chi connectivity index (χ0) is 13.0. The van der Waals surface area contributed by atoms with E-state index in [9.17, 15) is 5.11 Å². The van der Waals surface area contributed by atoms with Crippen LogP contribution in [0, 0.1) is 6.92 Å². The quantitative estimate of drug-likeness (QED) is 0.847. The lowest BCUT2D eigenvalue weighted by Crippen LogP contribution is -2.35. The van der Waals surface area contributed by atoms with Gasteiger partial charge in [0, 0.05) is 6.54 Å². The molecule has 2 N–H and O–H groups in total. The molecule has 0 aliphatic heterocycles. The Kier molecular flexibility index (Phi) is 3.79.